The Bertz CT molecular complexity index is 583. The molecule has 0 N–H and O–H groups in total. The van der Waals surface area contributed by atoms with Gasteiger partial charge in [0.2, 0.25) is 0 Å². The highest BCUT2D eigenvalue weighted by Gasteiger charge is 2.47. The zero-order valence-electron chi connectivity index (χ0n) is 10.1. The third kappa shape index (κ3) is 1.72. The smallest absolute Gasteiger partial charge is 0.316 e. The van der Waals surface area contributed by atoms with Crippen LogP contribution < -0.4 is 0 Å². The van der Waals surface area contributed by atoms with E-state index in [2.05, 4.69) is 17.5 Å². The molecule has 94 valence electrons. The molecule has 2 heterocycles. The molecule has 0 amide bonds. The third-order valence-electron chi connectivity index (χ3n) is 3.47. The quantitative estimate of drug-likeness (QED) is 0.798. The third-order valence-corrected chi connectivity index (χ3v) is 4.48. The minimum atomic E-state index is -0.474. The molecule has 0 spiro atoms. The number of hydrogen-bond acceptors (Lipinski definition) is 4. The van der Waals surface area contributed by atoms with Crippen LogP contribution >= 0.6 is 11.3 Å². The summed E-state index contributed by atoms with van der Waals surface area (Å²) < 4.78 is 11.4. The standard InChI is InChI=1S/C14H14O3S/c1-16-13(15)14(8-17-9-14)6-10-7-18-12-5-3-2-4-11(10)12/h2-5,7H,6,8-9H2,1H3. The van der Waals surface area contributed by atoms with Crippen molar-refractivity contribution in [3.63, 3.8) is 0 Å². The molecule has 1 aliphatic rings. The maximum atomic E-state index is 11.9. The summed E-state index contributed by atoms with van der Waals surface area (Å²) >= 11 is 1.72. The normalized spacial score (nSPS) is 17.4. The summed E-state index contributed by atoms with van der Waals surface area (Å²) in [5, 5.41) is 3.37. The van der Waals surface area contributed by atoms with Crippen molar-refractivity contribution in [1.29, 1.82) is 0 Å². The molecule has 0 unspecified atom stereocenters. The van der Waals surface area contributed by atoms with Crippen LogP contribution in [0.2, 0.25) is 0 Å². The van der Waals surface area contributed by atoms with Crippen LogP contribution in [0.4, 0.5) is 0 Å². The number of rotatable bonds is 3. The summed E-state index contributed by atoms with van der Waals surface area (Å²) in [5.41, 5.74) is 0.739. The molecule has 1 fully saturated rings. The molecule has 18 heavy (non-hydrogen) atoms. The average Bonchev–Trinajstić information content (AvgIpc) is 2.76. The van der Waals surface area contributed by atoms with E-state index in [1.807, 2.05) is 12.1 Å². The summed E-state index contributed by atoms with van der Waals surface area (Å²) in [7, 11) is 1.44. The van der Waals surface area contributed by atoms with Crippen molar-refractivity contribution in [2.24, 2.45) is 5.41 Å². The first-order chi connectivity index (χ1) is 8.75. The Morgan fingerprint density at radius 2 is 2.22 bits per heavy atom. The van der Waals surface area contributed by atoms with E-state index in [4.69, 9.17) is 9.47 Å². The topological polar surface area (TPSA) is 35.5 Å². The predicted octanol–water partition coefficient (Wildman–Crippen LogP) is 2.63. The first kappa shape index (κ1) is 11.7. The monoisotopic (exact) mass is 262 g/mol. The fourth-order valence-electron chi connectivity index (χ4n) is 2.39. The number of carbonyl (C=O) groups is 1. The zero-order valence-corrected chi connectivity index (χ0v) is 11.0. The Labute approximate surface area is 109 Å². The van der Waals surface area contributed by atoms with Gasteiger partial charge in [-0.3, -0.25) is 4.79 Å². The van der Waals surface area contributed by atoms with E-state index in [0.717, 1.165) is 0 Å². The number of fused-ring (bicyclic) bond motifs is 1. The molecule has 4 heteroatoms. The van der Waals surface area contributed by atoms with Crippen LogP contribution in [0.15, 0.2) is 29.6 Å². The van der Waals surface area contributed by atoms with E-state index in [0.29, 0.717) is 19.6 Å². The fourth-order valence-corrected chi connectivity index (χ4v) is 3.35. The lowest BCUT2D eigenvalue weighted by Gasteiger charge is -2.38. The van der Waals surface area contributed by atoms with Gasteiger partial charge in [-0.1, -0.05) is 18.2 Å². The van der Waals surface area contributed by atoms with Crippen LogP contribution in [-0.4, -0.2) is 26.3 Å². The minimum Gasteiger partial charge on any atom is -0.468 e. The van der Waals surface area contributed by atoms with Gasteiger partial charge in [-0.2, -0.15) is 0 Å². The molecule has 1 saturated heterocycles. The van der Waals surface area contributed by atoms with Crippen LogP contribution in [0.1, 0.15) is 5.56 Å². The largest absolute Gasteiger partial charge is 0.468 e. The van der Waals surface area contributed by atoms with Crippen molar-refractivity contribution in [2.45, 2.75) is 6.42 Å². The summed E-state index contributed by atoms with van der Waals surface area (Å²) in [6.07, 6.45) is 0.698. The molecule has 0 radical (unpaired) electrons. The van der Waals surface area contributed by atoms with Gasteiger partial charge in [0.15, 0.2) is 0 Å². The van der Waals surface area contributed by atoms with Gasteiger partial charge < -0.3 is 9.47 Å². The molecule has 3 nitrogen and oxygen atoms in total. The number of ether oxygens (including phenoxy) is 2. The number of carbonyl (C=O) groups excluding carboxylic acids is 1. The van der Waals surface area contributed by atoms with Gasteiger partial charge in [-0.25, -0.2) is 0 Å². The Hall–Kier alpha value is -1.39. The van der Waals surface area contributed by atoms with Crippen molar-refractivity contribution in [2.75, 3.05) is 20.3 Å². The van der Waals surface area contributed by atoms with Crippen LogP contribution in [0, 0.1) is 5.41 Å². The minimum absolute atomic E-state index is 0.163. The summed E-state index contributed by atoms with van der Waals surface area (Å²) in [6.45, 7) is 0.924. The average molecular weight is 262 g/mol. The first-order valence-corrected chi connectivity index (χ1v) is 6.74. The number of thiophene rings is 1. The second-order valence-electron chi connectivity index (χ2n) is 4.70. The van der Waals surface area contributed by atoms with E-state index in [1.165, 1.54) is 22.8 Å². The van der Waals surface area contributed by atoms with E-state index in [9.17, 15) is 4.79 Å². The summed E-state index contributed by atoms with van der Waals surface area (Å²) in [6, 6.07) is 8.27. The fraction of sp³-hybridized carbons (Fsp3) is 0.357. The molecule has 3 rings (SSSR count). The van der Waals surface area contributed by atoms with Crippen LogP contribution in [-0.2, 0) is 20.7 Å². The van der Waals surface area contributed by atoms with Gasteiger partial charge >= 0.3 is 5.97 Å². The molecule has 0 bridgehead atoms. The van der Waals surface area contributed by atoms with Gasteiger partial charge in [-0.15, -0.1) is 11.3 Å². The Morgan fingerprint density at radius 1 is 1.44 bits per heavy atom. The van der Waals surface area contributed by atoms with Gasteiger partial charge in [-0.05, 0) is 28.8 Å². The molecule has 1 aromatic carbocycles. The second kappa shape index (κ2) is 4.37. The van der Waals surface area contributed by atoms with Gasteiger partial charge in [0.1, 0.15) is 5.41 Å². The van der Waals surface area contributed by atoms with Crippen LogP contribution in [0.5, 0.6) is 0 Å². The highest BCUT2D eigenvalue weighted by Crippen LogP contribution is 2.37. The predicted molar refractivity (Wildman–Crippen MR) is 70.8 cm³/mol. The highest BCUT2D eigenvalue weighted by atomic mass is 32.1. The SMILES string of the molecule is COC(=O)C1(Cc2csc3ccccc23)COC1. The van der Waals surface area contributed by atoms with E-state index < -0.39 is 5.41 Å². The number of hydrogen-bond donors (Lipinski definition) is 0. The lowest BCUT2D eigenvalue weighted by atomic mass is 9.80. The zero-order chi connectivity index (χ0) is 12.6. The summed E-state index contributed by atoms with van der Waals surface area (Å²) in [4.78, 5) is 11.9. The van der Waals surface area contributed by atoms with Crippen molar-refractivity contribution >= 4 is 27.4 Å². The molecular formula is C14H14O3S. The molecule has 1 aliphatic heterocycles. The summed E-state index contributed by atoms with van der Waals surface area (Å²) in [5.74, 6) is -0.163. The lowest BCUT2D eigenvalue weighted by molar-refractivity contribution is -0.182. The maximum absolute atomic E-state index is 11.9. The molecule has 0 saturated carbocycles. The second-order valence-corrected chi connectivity index (χ2v) is 5.61. The molecule has 1 aromatic heterocycles. The van der Waals surface area contributed by atoms with Crippen molar-refractivity contribution in [1.82, 2.24) is 0 Å². The van der Waals surface area contributed by atoms with E-state index in [1.54, 1.807) is 11.3 Å². The number of benzene rings is 1. The van der Waals surface area contributed by atoms with E-state index >= 15 is 0 Å². The molecule has 0 atom stereocenters. The molecule has 2 aromatic rings. The van der Waals surface area contributed by atoms with Gasteiger partial charge in [0, 0.05) is 4.70 Å². The Balaban J connectivity index is 1.94. The number of methoxy groups -OCH3 is 1. The number of esters is 1. The molecule has 0 aliphatic carbocycles. The first-order valence-electron chi connectivity index (χ1n) is 5.86. The lowest BCUT2D eigenvalue weighted by Crippen LogP contribution is -2.51. The van der Waals surface area contributed by atoms with Crippen LogP contribution in [0.3, 0.4) is 0 Å². The maximum Gasteiger partial charge on any atom is 0.316 e. The Kier molecular flexibility index (Phi) is 2.84. The van der Waals surface area contributed by atoms with Gasteiger partial charge in [0.05, 0.1) is 20.3 Å². The van der Waals surface area contributed by atoms with Crippen molar-refractivity contribution in [3.8, 4) is 0 Å². The van der Waals surface area contributed by atoms with Crippen LogP contribution in [0.25, 0.3) is 10.1 Å². The van der Waals surface area contributed by atoms with Crippen molar-refractivity contribution < 1.29 is 14.3 Å². The molecular weight excluding hydrogens is 248 g/mol. The van der Waals surface area contributed by atoms with E-state index in [-0.39, 0.29) is 5.97 Å². The van der Waals surface area contributed by atoms with Gasteiger partial charge in [0.25, 0.3) is 0 Å². The Morgan fingerprint density at radius 3 is 2.89 bits per heavy atom. The highest BCUT2D eigenvalue weighted by molar-refractivity contribution is 7.17. The van der Waals surface area contributed by atoms with Crippen molar-refractivity contribution in [3.05, 3.63) is 35.2 Å².